The topological polar surface area (TPSA) is 145 Å². The molecule has 4 aromatic rings. The third-order valence-corrected chi connectivity index (χ3v) is 8.48. The first-order valence-electron chi connectivity index (χ1n) is 13.7. The van der Waals surface area contributed by atoms with Crippen LogP contribution < -0.4 is 14.8 Å². The Hall–Kier alpha value is -4.76. The number of nitrogens with one attached hydrogen (secondary N) is 2. The highest BCUT2D eigenvalue weighted by molar-refractivity contribution is 7.89. The van der Waals surface area contributed by atoms with E-state index in [9.17, 15) is 36.5 Å². The summed E-state index contributed by atoms with van der Waals surface area (Å²) >= 11 is 0. The van der Waals surface area contributed by atoms with Crippen LogP contribution in [-0.2, 0) is 22.7 Å². The highest BCUT2D eigenvalue weighted by Crippen LogP contribution is 2.36. The molecule has 1 amide bonds. The van der Waals surface area contributed by atoms with E-state index < -0.39 is 49.2 Å². The molecule has 3 aromatic carbocycles. The number of carbonyl (C=O) groups excluding carboxylic acids is 1. The van der Waals surface area contributed by atoms with Gasteiger partial charge in [0.1, 0.15) is 10.6 Å². The molecule has 11 nitrogen and oxygen atoms in total. The summed E-state index contributed by atoms with van der Waals surface area (Å²) in [5, 5.41) is 18.5. The summed E-state index contributed by atoms with van der Waals surface area (Å²) in [4.78, 5) is 23.5. The van der Waals surface area contributed by atoms with E-state index in [-0.39, 0.29) is 35.0 Å². The Labute approximate surface area is 257 Å². The van der Waals surface area contributed by atoms with Crippen LogP contribution in [0.25, 0.3) is 5.69 Å². The minimum atomic E-state index is -4.55. The molecule has 0 spiro atoms. The molecule has 1 unspecified atom stereocenters. The van der Waals surface area contributed by atoms with Gasteiger partial charge < -0.3 is 10.1 Å². The van der Waals surface area contributed by atoms with Crippen LogP contribution >= 0.6 is 0 Å². The number of hydrogen-bond acceptors (Lipinski definition) is 7. The zero-order valence-electron chi connectivity index (χ0n) is 24.7. The maximum atomic E-state index is 13.3. The molecule has 0 aliphatic rings. The number of alkyl halides is 3. The Morgan fingerprint density at radius 1 is 1.09 bits per heavy atom. The van der Waals surface area contributed by atoms with Crippen LogP contribution in [0.3, 0.4) is 0 Å². The van der Waals surface area contributed by atoms with Crippen molar-refractivity contribution in [2.45, 2.75) is 57.8 Å². The minimum absolute atomic E-state index is 0.0584. The van der Waals surface area contributed by atoms with Gasteiger partial charge in [-0.25, -0.2) is 13.1 Å². The third kappa shape index (κ3) is 7.67. The second-order valence-corrected chi connectivity index (χ2v) is 12.0. The lowest BCUT2D eigenvalue weighted by atomic mass is 10.1. The number of hydrogen-bond donors (Lipinski definition) is 2. The average Bonchev–Trinajstić information content (AvgIpc) is 3.31. The molecule has 1 atom stereocenters. The van der Waals surface area contributed by atoms with E-state index >= 15 is 0 Å². The zero-order valence-corrected chi connectivity index (χ0v) is 25.5. The van der Waals surface area contributed by atoms with Crippen molar-refractivity contribution in [2.75, 3.05) is 0 Å². The molecule has 1 heterocycles. The van der Waals surface area contributed by atoms with Crippen LogP contribution in [0.4, 0.5) is 18.9 Å². The van der Waals surface area contributed by atoms with Gasteiger partial charge in [0, 0.05) is 30.3 Å². The largest absolute Gasteiger partial charge is 0.437 e. The number of sulfonamides is 1. The summed E-state index contributed by atoms with van der Waals surface area (Å²) in [6.45, 7) is 6.53. The van der Waals surface area contributed by atoms with E-state index in [0.29, 0.717) is 12.1 Å². The lowest BCUT2D eigenvalue weighted by Gasteiger charge is -2.16. The maximum absolute atomic E-state index is 13.3. The van der Waals surface area contributed by atoms with Crippen molar-refractivity contribution in [1.82, 2.24) is 19.8 Å². The Morgan fingerprint density at radius 3 is 2.40 bits per heavy atom. The van der Waals surface area contributed by atoms with Gasteiger partial charge in [0.05, 0.1) is 16.2 Å². The number of nitro benzene ring substituents is 1. The molecule has 0 saturated heterocycles. The molecule has 0 radical (unpaired) electrons. The molecule has 15 heteroatoms. The van der Waals surface area contributed by atoms with Crippen molar-refractivity contribution in [3.8, 4) is 17.3 Å². The minimum Gasteiger partial charge on any atom is -0.437 e. The van der Waals surface area contributed by atoms with E-state index in [1.54, 1.807) is 38.1 Å². The van der Waals surface area contributed by atoms with Gasteiger partial charge in [-0.05, 0) is 63.1 Å². The van der Waals surface area contributed by atoms with Crippen molar-refractivity contribution in [3.05, 3.63) is 105 Å². The van der Waals surface area contributed by atoms with Crippen molar-refractivity contribution in [2.24, 2.45) is 0 Å². The van der Waals surface area contributed by atoms with Gasteiger partial charge in [-0.15, -0.1) is 0 Å². The monoisotopic (exact) mass is 645 g/mol. The third-order valence-electron chi connectivity index (χ3n) is 6.87. The van der Waals surface area contributed by atoms with Gasteiger partial charge in [-0.2, -0.15) is 23.0 Å². The smallest absolute Gasteiger partial charge is 0.416 e. The summed E-state index contributed by atoms with van der Waals surface area (Å²) in [6, 6.07) is 14.1. The molecule has 1 aromatic heterocycles. The Bertz CT molecular complexity index is 1840. The maximum Gasteiger partial charge on any atom is 0.416 e. The Morgan fingerprint density at radius 2 is 1.78 bits per heavy atom. The number of nitro groups is 1. The predicted molar refractivity (Wildman–Crippen MR) is 159 cm³/mol. The standard InChI is InChI=1S/C30H30F3N5O6S/c1-5-19(3)36-45(42,43)26-16-24(38(40)41)13-14-25(26)44-29-20(4)27(35-37(29)23-11-9-18(2)10-12-23)28(39)34-17-21-7-6-8-22(15-21)30(31,32)33/h6-16,19,36H,5,17H2,1-4H3,(H,34,39). The van der Waals surface area contributed by atoms with E-state index in [2.05, 4.69) is 15.1 Å². The molecule has 0 aliphatic heterocycles. The fraction of sp³-hybridized carbons (Fsp3) is 0.267. The van der Waals surface area contributed by atoms with Gasteiger partial charge in [0.25, 0.3) is 11.6 Å². The summed E-state index contributed by atoms with van der Waals surface area (Å²) < 4.78 is 75.9. The molecule has 45 heavy (non-hydrogen) atoms. The number of carbonyl (C=O) groups is 1. The second-order valence-electron chi connectivity index (χ2n) is 10.3. The normalized spacial score (nSPS) is 12.5. The predicted octanol–water partition coefficient (Wildman–Crippen LogP) is 6.22. The van der Waals surface area contributed by atoms with Crippen molar-refractivity contribution in [3.63, 3.8) is 0 Å². The van der Waals surface area contributed by atoms with Gasteiger partial charge in [-0.3, -0.25) is 14.9 Å². The van der Waals surface area contributed by atoms with E-state index in [4.69, 9.17) is 4.74 Å². The molecule has 0 saturated carbocycles. The summed E-state index contributed by atoms with van der Waals surface area (Å²) in [7, 11) is -4.31. The number of non-ortho nitro benzene ring substituents is 1. The van der Waals surface area contributed by atoms with Gasteiger partial charge >= 0.3 is 6.18 Å². The van der Waals surface area contributed by atoms with Crippen LogP contribution in [0.1, 0.15) is 53.0 Å². The van der Waals surface area contributed by atoms with E-state index in [1.165, 1.54) is 23.7 Å². The van der Waals surface area contributed by atoms with Crippen molar-refractivity contribution < 1.29 is 36.0 Å². The number of benzene rings is 3. The molecule has 0 aliphatic carbocycles. The van der Waals surface area contributed by atoms with Crippen molar-refractivity contribution >= 4 is 21.6 Å². The fourth-order valence-electron chi connectivity index (χ4n) is 4.22. The lowest BCUT2D eigenvalue weighted by Crippen LogP contribution is -2.32. The van der Waals surface area contributed by atoms with Gasteiger partial charge in [0.15, 0.2) is 5.69 Å². The van der Waals surface area contributed by atoms with Crippen molar-refractivity contribution in [1.29, 1.82) is 0 Å². The first kappa shape index (κ1) is 33.1. The van der Waals surface area contributed by atoms with E-state index in [0.717, 1.165) is 35.9 Å². The second kappa shape index (κ2) is 13.1. The highest BCUT2D eigenvalue weighted by atomic mass is 32.2. The quantitative estimate of drug-likeness (QED) is 0.146. The first-order valence-corrected chi connectivity index (χ1v) is 15.2. The first-order chi connectivity index (χ1) is 21.1. The van der Waals surface area contributed by atoms with Gasteiger partial charge in [-0.1, -0.05) is 36.8 Å². The van der Waals surface area contributed by atoms with E-state index in [1.807, 2.05) is 6.92 Å². The number of aromatic nitrogens is 2. The summed E-state index contributed by atoms with van der Waals surface area (Å²) in [6.07, 6.45) is -4.10. The van der Waals surface area contributed by atoms with Crippen LogP contribution in [0.5, 0.6) is 11.6 Å². The Balaban J connectivity index is 1.77. The van der Waals surface area contributed by atoms with Crippen LogP contribution in [0, 0.1) is 24.0 Å². The average molecular weight is 646 g/mol. The molecule has 2 N–H and O–H groups in total. The SMILES string of the molecule is CCC(C)NS(=O)(=O)c1cc([N+](=O)[O-])ccc1Oc1c(C)c(C(=O)NCc2cccc(C(F)(F)F)c2)nn1-c1ccc(C)cc1. The molecule has 4 rings (SSSR count). The lowest BCUT2D eigenvalue weighted by molar-refractivity contribution is -0.385. The summed E-state index contributed by atoms with van der Waals surface area (Å²) in [5.74, 6) is -1.05. The molecule has 0 bridgehead atoms. The summed E-state index contributed by atoms with van der Waals surface area (Å²) in [5.41, 5.74) is 0.269. The number of nitrogens with zero attached hydrogens (tertiary/aromatic N) is 3. The number of rotatable bonds is 11. The number of amides is 1. The van der Waals surface area contributed by atoms with Gasteiger partial charge in [0.2, 0.25) is 15.9 Å². The van der Waals surface area contributed by atoms with Crippen LogP contribution in [0.15, 0.2) is 71.6 Å². The number of aryl methyl sites for hydroxylation is 1. The number of ether oxygens (including phenoxy) is 1. The molecule has 0 fully saturated rings. The molecular formula is C30H30F3N5O6S. The molecule has 238 valence electrons. The highest BCUT2D eigenvalue weighted by Gasteiger charge is 2.31. The number of halogens is 3. The fourth-order valence-corrected chi connectivity index (χ4v) is 5.69. The van der Waals surface area contributed by atoms with Crippen LogP contribution in [0.2, 0.25) is 0 Å². The Kier molecular flexibility index (Phi) is 9.63. The van der Waals surface area contributed by atoms with Crippen LogP contribution in [-0.4, -0.2) is 35.1 Å². The zero-order chi connectivity index (χ0) is 33.1. The molecular weight excluding hydrogens is 615 g/mol.